The first-order chi connectivity index (χ1) is 13.0. The highest BCUT2D eigenvalue weighted by Gasteiger charge is 2.18. The standard InChI is InChI=1S/C22H27ClN4/c1-16-20(17(2)27(25-16)18-10-6-5-7-11-18)14-24-15-22(26(3)4)19-12-8-9-13-21(19)23/h5-13,22,24H,14-15H2,1-4H3/t22-/m1/s1. The van der Waals surface area contributed by atoms with Gasteiger partial charge in [-0.05, 0) is 51.7 Å². The van der Waals surface area contributed by atoms with Crippen molar-refractivity contribution in [2.45, 2.75) is 26.4 Å². The van der Waals surface area contributed by atoms with Gasteiger partial charge in [-0.2, -0.15) is 5.10 Å². The van der Waals surface area contributed by atoms with E-state index in [0.29, 0.717) is 0 Å². The van der Waals surface area contributed by atoms with E-state index >= 15 is 0 Å². The van der Waals surface area contributed by atoms with E-state index in [-0.39, 0.29) is 6.04 Å². The van der Waals surface area contributed by atoms with Crippen molar-refractivity contribution in [2.24, 2.45) is 0 Å². The number of aryl methyl sites for hydroxylation is 1. The molecule has 1 N–H and O–H groups in total. The zero-order valence-corrected chi connectivity index (χ0v) is 17.2. The van der Waals surface area contributed by atoms with Gasteiger partial charge in [-0.1, -0.05) is 48.0 Å². The molecule has 5 heteroatoms. The summed E-state index contributed by atoms with van der Waals surface area (Å²) in [6.45, 7) is 5.79. The van der Waals surface area contributed by atoms with Gasteiger partial charge in [0.25, 0.3) is 0 Å². The number of nitrogens with one attached hydrogen (secondary N) is 1. The van der Waals surface area contributed by atoms with Crippen LogP contribution < -0.4 is 5.32 Å². The van der Waals surface area contributed by atoms with E-state index in [4.69, 9.17) is 16.7 Å². The molecule has 0 aliphatic carbocycles. The molecule has 0 spiro atoms. The molecule has 3 aromatic rings. The molecule has 0 unspecified atom stereocenters. The number of rotatable bonds is 7. The molecule has 3 rings (SSSR count). The van der Waals surface area contributed by atoms with E-state index in [1.165, 1.54) is 11.3 Å². The summed E-state index contributed by atoms with van der Waals surface area (Å²) >= 11 is 6.41. The van der Waals surface area contributed by atoms with E-state index in [9.17, 15) is 0 Å². The highest BCUT2D eigenvalue weighted by atomic mass is 35.5. The summed E-state index contributed by atoms with van der Waals surface area (Å²) in [5, 5.41) is 9.14. The zero-order valence-electron chi connectivity index (χ0n) is 16.4. The van der Waals surface area contributed by atoms with Gasteiger partial charge >= 0.3 is 0 Å². The van der Waals surface area contributed by atoms with Crippen LogP contribution in [0.25, 0.3) is 5.69 Å². The minimum absolute atomic E-state index is 0.212. The lowest BCUT2D eigenvalue weighted by Gasteiger charge is -2.26. The van der Waals surface area contributed by atoms with Crippen LogP contribution in [0.4, 0.5) is 0 Å². The number of aromatic nitrogens is 2. The highest BCUT2D eigenvalue weighted by Crippen LogP contribution is 2.25. The fourth-order valence-electron chi connectivity index (χ4n) is 3.40. The first-order valence-electron chi connectivity index (χ1n) is 9.21. The van der Waals surface area contributed by atoms with Crippen molar-refractivity contribution >= 4 is 11.6 Å². The van der Waals surface area contributed by atoms with Gasteiger partial charge in [0, 0.05) is 35.4 Å². The topological polar surface area (TPSA) is 33.1 Å². The maximum atomic E-state index is 6.41. The van der Waals surface area contributed by atoms with E-state index in [1.807, 2.05) is 41.1 Å². The molecule has 0 saturated carbocycles. The average molecular weight is 383 g/mol. The number of likely N-dealkylation sites (N-methyl/N-ethyl adjacent to an activating group) is 1. The second kappa shape index (κ2) is 8.70. The van der Waals surface area contributed by atoms with Crippen molar-refractivity contribution in [3.8, 4) is 5.69 Å². The Kier molecular flexibility index (Phi) is 6.32. The Morgan fingerprint density at radius 3 is 2.37 bits per heavy atom. The Morgan fingerprint density at radius 1 is 1.04 bits per heavy atom. The summed E-state index contributed by atoms with van der Waals surface area (Å²) in [6, 6.07) is 18.5. The SMILES string of the molecule is Cc1nn(-c2ccccc2)c(C)c1CNC[C@H](c1ccccc1Cl)N(C)C. The van der Waals surface area contributed by atoms with Crippen molar-refractivity contribution < 1.29 is 0 Å². The predicted molar refractivity (Wildman–Crippen MR) is 113 cm³/mol. The first-order valence-corrected chi connectivity index (χ1v) is 9.59. The first kappa shape index (κ1) is 19.6. The van der Waals surface area contributed by atoms with Gasteiger partial charge in [0.05, 0.1) is 11.4 Å². The van der Waals surface area contributed by atoms with Crippen LogP contribution in [-0.4, -0.2) is 35.3 Å². The Labute approximate surface area is 166 Å². The molecule has 142 valence electrons. The molecule has 0 aliphatic rings. The highest BCUT2D eigenvalue weighted by molar-refractivity contribution is 6.31. The summed E-state index contributed by atoms with van der Waals surface area (Å²) in [5.41, 5.74) is 5.71. The number of nitrogens with zero attached hydrogens (tertiary/aromatic N) is 3. The fourth-order valence-corrected chi connectivity index (χ4v) is 3.66. The molecular weight excluding hydrogens is 356 g/mol. The van der Waals surface area contributed by atoms with Crippen LogP contribution in [0.5, 0.6) is 0 Å². The van der Waals surface area contributed by atoms with E-state index in [0.717, 1.165) is 35.1 Å². The summed E-state index contributed by atoms with van der Waals surface area (Å²) in [5.74, 6) is 0. The summed E-state index contributed by atoms with van der Waals surface area (Å²) < 4.78 is 2.02. The summed E-state index contributed by atoms with van der Waals surface area (Å²) in [4.78, 5) is 2.20. The van der Waals surface area contributed by atoms with Crippen LogP contribution in [0.1, 0.15) is 28.6 Å². The monoisotopic (exact) mass is 382 g/mol. The van der Waals surface area contributed by atoms with Crippen LogP contribution in [0, 0.1) is 13.8 Å². The normalized spacial score (nSPS) is 12.5. The lowest BCUT2D eigenvalue weighted by atomic mass is 10.1. The quantitative estimate of drug-likeness (QED) is 0.651. The minimum atomic E-state index is 0.212. The third-order valence-corrected chi connectivity index (χ3v) is 5.31. The van der Waals surface area contributed by atoms with Crippen LogP contribution in [-0.2, 0) is 6.54 Å². The zero-order chi connectivity index (χ0) is 19.4. The summed E-state index contributed by atoms with van der Waals surface area (Å²) in [7, 11) is 4.17. The molecule has 4 nitrogen and oxygen atoms in total. The Bertz CT molecular complexity index is 887. The van der Waals surface area contributed by atoms with Gasteiger partial charge in [-0.15, -0.1) is 0 Å². The number of hydrogen-bond donors (Lipinski definition) is 1. The van der Waals surface area contributed by atoms with Crippen LogP contribution in [0.3, 0.4) is 0 Å². The van der Waals surface area contributed by atoms with Crippen molar-refractivity contribution in [1.82, 2.24) is 20.0 Å². The minimum Gasteiger partial charge on any atom is -0.311 e. The van der Waals surface area contributed by atoms with Crippen LogP contribution >= 0.6 is 11.6 Å². The lowest BCUT2D eigenvalue weighted by molar-refractivity contribution is 0.288. The van der Waals surface area contributed by atoms with Gasteiger partial charge in [0.2, 0.25) is 0 Å². The fraction of sp³-hybridized carbons (Fsp3) is 0.318. The summed E-state index contributed by atoms with van der Waals surface area (Å²) in [6.07, 6.45) is 0. The largest absolute Gasteiger partial charge is 0.311 e. The van der Waals surface area contributed by atoms with Crippen LogP contribution in [0.2, 0.25) is 5.02 Å². The molecule has 0 saturated heterocycles. The van der Waals surface area contributed by atoms with E-state index in [1.54, 1.807) is 0 Å². The lowest BCUT2D eigenvalue weighted by Crippen LogP contribution is -2.31. The van der Waals surface area contributed by atoms with Crippen LogP contribution in [0.15, 0.2) is 54.6 Å². The van der Waals surface area contributed by atoms with Gasteiger partial charge < -0.3 is 10.2 Å². The Morgan fingerprint density at radius 2 is 1.70 bits per heavy atom. The Hall–Kier alpha value is -2.14. The second-order valence-electron chi connectivity index (χ2n) is 7.03. The second-order valence-corrected chi connectivity index (χ2v) is 7.44. The maximum Gasteiger partial charge on any atom is 0.0648 e. The molecule has 0 bridgehead atoms. The maximum absolute atomic E-state index is 6.41. The van der Waals surface area contributed by atoms with Gasteiger partial charge in [0.1, 0.15) is 0 Å². The number of para-hydroxylation sites is 1. The molecule has 0 fully saturated rings. The van der Waals surface area contributed by atoms with Gasteiger partial charge in [-0.3, -0.25) is 0 Å². The molecule has 0 amide bonds. The molecule has 0 aliphatic heterocycles. The predicted octanol–water partition coefficient (Wildman–Crippen LogP) is 4.54. The number of benzene rings is 2. The van der Waals surface area contributed by atoms with E-state index in [2.05, 4.69) is 56.4 Å². The van der Waals surface area contributed by atoms with Crippen molar-refractivity contribution in [3.63, 3.8) is 0 Å². The third kappa shape index (κ3) is 4.41. The van der Waals surface area contributed by atoms with Crippen molar-refractivity contribution in [3.05, 3.63) is 82.1 Å². The van der Waals surface area contributed by atoms with Crippen molar-refractivity contribution in [1.29, 1.82) is 0 Å². The Balaban J connectivity index is 1.73. The molecule has 1 heterocycles. The molecule has 1 atom stereocenters. The van der Waals surface area contributed by atoms with E-state index < -0.39 is 0 Å². The van der Waals surface area contributed by atoms with Gasteiger partial charge in [-0.25, -0.2) is 4.68 Å². The molecule has 0 radical (unpaired) electrons. The smallest absolute Gasteiger partial charge is 0.0648 e. The van der Waals surface area contributed by atoms with Gasteiger partial charge in [0.15, 0.2) is 0 Å². The molecule has 27 heavy (non-hydrogen) atoms. The number of hydrogen-bond acceptors (Lipinski definition) is 3. The molecular formula is C22H27ClN4. The number of halogens is 1. The van der Waals surface area contributed by atoms with Crippen molar-refractivity contribution in [2.75, 3.05) is 20.6 Å². The molecule has 2 aromatic carbocycles. The third-order valence-electron chi connectivity index (χ3n) is 4.97. The average Bonchev–Trinajstić information content (AvgIpc) is 2.94. The molecule has 1 aromatic heterocycles.